The summed E-state index contributed by atoms with van der Waals surface area (Å²) in [4.78, 5) is 0. The summed E-state index contributed by atoms with van der Waals surface area (Å²) in [5.74, 6) is 0.544. The molecule has 0 aliphatic carbocycles. The molecule has 19 heavy (non-hydrogen) atoms. The minimum Gasteiger partial charge on any atom is -0.309 e. The lowest BCUT2D eigenvalue weighted by atomic mass is 9.86. The molecule has 0 spiro atoms. The SMILES string of the molecule is CCCNC(c1ccsc1)C(CC)c1ccccc1. The molecule has 0 aliphatic heterocycles. The molecular formula is C17H23NS. The first-order valence-electron chi connectivity index (χ1n) is 7.17. The molecule has 0 aliphatic rings. The molecule has 2 rings (SSSR count). The van der Waals surface area contributed by atoms with Crippen LogP contribution in [-0.4, -0.2) is 6.54 Å². The molecule has 1 aromatic heterocycles. The van der Waals surface area contributed by atoms with Gasteiger partial charge in [-0.05, 0) is 47.3 Å². The number of thiophene rings is 1. The van der Waals surface area contributed by atoms with Crippen molar-refractivity contribution in [3.63, 3.8) is 0 Å². The minimum atomic E-state index is 0.429. The second kappa shape index (κ2) is 7.46. The first-order chi connectivity index (χ1) is 9.36. The van der Waals surface area contributed by atoms with Crippen molar-refractivity contribution in [1.29, 1.82) is 0 Å². The van der Waals surface area contributed by atoms with E-state index in [2.05, 4.69) is 66.3 Å². The Labute approximate surface area is 120 Å². The molecule has 2 unspecified atom stereocenters. The molecule has 1 nitrogen and oxygen atoms in total. The first kappa shape index (κ1) is 14.3. The lowest BCUT2D eigenvalue weighted by Gasteiger charge is -2.27. The third kappa shape index (κ3) is 3.68. The van der Waals surface area contributed by atoms with Gasteiger partial charge in [-0.1, -0.05) is 44.2 Å². The predicted octanol–water partition coefficient (Wildman–Crippen LogP) is 4.98. The van der Waals surface area contributed by atoms with Crippen molar-refractivity contribution in [3.05, 3.63) is 58.3 Å². The van der Waals surface area contributed by atoms with Crippen molar-refractivity contribution in [2.75, 3.05) is 6.54 Å². The second-order valence-corrected chi connectivity index (χ2v) is 5.69. The van der Waals surface area contributed by atoms with Crippen molar-refractivity contribution < 1.29 is 0 Å². The Hall–Kier alpha value is -1.12. The average Bonchev–Trinajstić information content (AvgIpc) is 2.98. The largest absolute Gasteiger partial charge is 0.309 e. The van der Waals surface area contributed by atoms with Gasteiger partial charge in [0.05, 0.1) is 0 Å². The fourth-order valence-corrected chi connectivity index (χ4v) is 3.30. The molecular weight excluding hydrogens is 250 g/mol. The normalized spacial score (nSPS) is 14.2. The van der Waals surface area contributed by atoms with Crippen molar-refractivity contribution >= 4 is 11.3 Å². The third-order valence-electron chi connectivity index (χ3n) is 3.59. The van der Waals surface area contributed by atoms with Gasteiger partial charge in [-0.15, -0.1) is 0 Å². The van der Waals surface area contributed by atoms with Gasteiger partial charge < -0.3 is 5.32 Å². The Balaban J connectivity index is 2.25. The third-order valence-corrected chi connectivity index (χ3v) is 4.29. The summed E-state index contributed by atoms with van der Waals surface area (Å²) in [5, 5.41) is 8.18. The van der Waals surface area contributed by atoms with Crippen LogP contribution in [0.25, 0.3) is 0 Å². The molecule has 0 saturated carbocycles. The molecule has 0 fully saturated rings. The van der Waals surface area contributed by atoms with Gasteiger partial charge in [0.25, 0.3) is 0 Å². The number of hydrogen-bond acceptors (Lipinski definition) is 2. The summed E-state index contributed by atoms with van der Waals surface area (Å²) in [6, 6.07) is 13.6. The van der Waals surface area contributed by atoms with Crippen LogP contribution in [-0.2, 0) is 0 Å². The van der Waals surface area contributed by atoms with E-state index in [0.29, 0.717) is 12.0 Å². The Morgan fingerprint density at radius 2 is 1.84 bits per heavy atom. The van der Waals surface area contributed by atoms with Gasteiger partial charge in [-0.3, -0.25) is 0 Å². The molecule has 0 saturated heterocycles. The zero-order valence-corrected chi connectivity index (χ0v) is 12.6. The molecule has 0 amide bonds. The number of nitrogens with one attached hydrogen (secondary N) is 1. The van der Waals surface area contributed by atoms with Gasteiger partial charge in [0, 0.05) is 12.0 Å². The number of rotatable bonds is 7. The molecule has 2 atom stereocenters. The Bertz CT molecular complexity index is 449. The van der Waals surface area contributed by atoms with Gasteiger partial charge in [0.2, 0.25) is 0 Å². The van der Waals surface area contributed by atoms with Gasteiger partial charge in [0.15, 0.2) is 0 Å². The van der Waals surface area contributed by atoms with Gasteiger partial charge >= 0.3 is 0 Å². The van der Waals surface area contributed by atoms with Crippen LogP contribution in [0.4, 0.5) is 0 Å². The molecule has 0 radical (unpaired) electrons. The molecule has 2 heteroatoms. The summed E-state index contributed by atoms with van der Waals surface area (Å²) < 4.78 is 0. The average molecular weight is 273 g/mol. The van der Waals surface area contributed by atoms with Crippen molar-refractivity contribution in [1.82, 2.24) is 5.32 Å². The number of benzene rings is 1. The summed E-state index contributed by atoms with van der Waals surface area (Å²) >= 11 is 1.78. The molecule has 102 valence electrons. The van der Waals surface area contributed by atoms with Crippen molar-refractivity contribution in [2.24, 2.45) is 0 Å². The van der Waals surface area contributed by atoms with Crippen LogP contribution in [0, 0.1) is 0 Å². The van der Waals surface area contributed by atoms with E-state index in [1.165, 1.54) is 17.5 Å². The highest BCUT2D eigenvalue weighted by atomic mass is 32.1. The summed E-state index contributed by atoms with van der Waals surface area (Å²) in [6.45, 7) is 5.58. The Morgan fingerprint density at radius 1 is 1.05 bits per heavy atom. The molecule has 1 aromatic carbocycles. The maximum atomic E-state index is 3.73. The topological polar surface area (TPSA) is 12.0 Å². The van der Waals surface area contributed by atoms with E-state index in [1.807, 2.05) is 0 Å². The fraction of sp³-hybridized carbons (Fsp3) is 0.412. The first-order valence-corrected chi connectivity index (χ1v) is 8.11. The minimum absolute atomic E-state index is 0.429. The molecule has 0 bridgehead atoms. The standard InChI is InChI=1S/C17H23NS/c1-3-11-18-17(15-10-12-19-13-15)16(4-2)14-8-6-5-7-9-14/h5-10,12-13,16-18H,3-4,11H2,1-2H3. The quantitative estimate of drug-likeness (QED) is 0.750. The monoisotopic (exact) mass is 273 g/mol. The molecule has 1 N–H and O–H groups in total. The van der Waals surface area contributed by atoms with Crippen LogP contribution in [0.3, 0.4) is 0 Å². The Kier molecular flexibility index (Phi) is 5.62. The smallest absolute Gasteiger partial charge is 0.0397 e. The van der Waals surface area contributed by atoms with E-state index in [-0.39, 0.29) is 0 Å². The van der Waals surface area contributed by atoms with Crippen LogP contribution in [0.1, 0.15) is 49.8 Å². The van der Waals surface area contributed by atoms with E-state index in [4.69, 9.17) is 0 Å². The van der Waals surface area contributed by atoms with Crippen LogP contribution in [0.2, 0.25) is 0 Å². The summed E-state index contributed by atoms with van der Waals surface area (Å²) in [5.41, 5.74) is 2.86. The highest BCUT2D eigenvalue weighted by Crippen LogP contribution is 2.34. The highest BCUT2D eigenvalue weighted by molar-refractivity contribution is 7.07. The second-order valence-electron chi connectivity index (χ2n) is 4.91. The lowest BCUT2D eigenvalue weighted by molar-refractivity contribution is 0.436. The van der Waals surface area contributed by atoms with E-state index in [1.54, 1.807) is 11.3 Å². The lowest BCUT2D eigenvalue weighted by Crippen LogP contribution is -2.27. The van der Waals surface area contributed by atoms with Crippen LogP contribution in [0.15, 0.2) is 47.2 Å². The van der Waals surface area contributed by atoms with Gasteiger partial charge in [-0.25, -0.2) is 0 Å². The fourth-order valence-electron chi connectivity index (χ4n) is 2.61. The Morgan fingerprint density at radius 3 is 2.42 bits per heavy atom. The number of hydrogen-bond donors (Lipinski definition) is 1. The summed E-state index contributed by atoms with van der Waals surface area (Å²) in [7, 11) is 0. The molecule has 1 heterocycles. The van der Waals surface area contributed by atoms with Gasteiger partial charge in [-0.2, -0.15) is 11.3 Å². The van der Waals surface area contributed by atoms with Gasteiger partial charge in [0.1, 0.15) is 0 Å². The van der Waals surface area contributed by atoms with Crippen molar-refractivity contribution in [2.45, 2.75) is 38.6 Å². The zero-order chi connectivity index (χ0) is 13.5. The maximum Gasteiger partial charge on any atom is 0.0397 e. The van der Waals surface area contributed by atoms with E-state index in [0.717, 1.165) is 13.0 Å². The molecule has 2 aromatic rings. The van der Waals surface area contributed by atoms with E-state index in [9.17, 15) is 0 Å². The van der Waals surface area contributed by atoms with Crippen molar-refractivity contribution in [3.8, 4) is 0 Å². The van der Waals surface area contributed by atoms with Crippen LogP contribution >= 0.6 is 11.3 Å². The van der Waals surface area contributed by atoms with Crippen LogP contribution < -0.4 is 5.32 Å². The van der Waals surface area contributed by atoms with E-state index < -0.39 is 0 Å². The highest BCUT2D eigenvalue weighted by Gasteiger charge is 2.22. The zero-order valence-electron chi connectivity index (χ0n) is 11.8. The predicted molar refractivity (Wildman–Crippen MR) is 84.8 cm³/mol. The van der Waals surface area contributed by atoms with Crippen LogP contribution in [0.5, 0.6) is 0 Å². The summed E-state index contributed by atoms with van der Waals surface area (Å²) in [6.07, 6.45) is 2.33. The van der Waals surface area contributed by atoms with E-state index >= 15 is 0 Å². The maximum absolute atomic E-state index is 3.73.